The van der Waals surface area contributed by atoms with Crippen molar-refractivity contribution in [1.82, 2.24) is 0 Å². The number of benzene rings is 1. The Morgan fingerprint density at radius 1 is 0.857 bits per heavy atom. The molecule has 0 atom stereocenters. The second-order valence-corrected chi connectivity index (χ2v) is 7.51. The molecule has 2 fully saturated rings. The van der Waals surface area contributed by atoms with Gasteiger partial charge in [0.15, 0.2) is 0 Å². The fourth-order valence-electron chi connectivity index (χ4n) is 5.01. The van der Waals surface area contributed by atoms with Crippen LogP contribution < -0.4 is 0 Å². The van der Waals surface area contributed by atoms with Crippen molar-refractivity contribution < 1.29 is 5.11 Å². The molecule has 0 aromatic heterocycles. The molecule has 3 rings (SSSR count). The van der Waals surface area contributed by atoms with Crippen molar-refractivity contribution in [1.29, 1.82) is 0 Å². The van der Waals surface area contributed by atoms with Gasteiger partial charge in [0.25, 0.3) is 0 Å². The summed E-state index contributed by atoms with van der Waals surface area (Å²) in [6, 6.07) is 4.59. The van der Waals surface area contributed by atoms with Gasteiger partial charge >= 0.3 is 0 Å². The molecular formula is C20H30O. The van der Waals surface area contributed by atoms with Crippen molar-refractivity contribution in [3.63, 3.8) is 0 Å². The van der Waals surface area contributed by atoms with Crippen LogP contribution in [-0.2, 0) is 5.41 Å². The van der Waals surface area contributed by atoms with Gasteiger partial charge in [0, 0.05) is 0 Å². The van der Waals surface area contributed by atoms with Gasteiger partial charge < -0.3 is 5.11 Å². The first-order valence-corrected chi connectivity index (χ1v) is 8.94. The van der Waals surface area contributed by atoms with Gasteiger partial charge in [0.1, 0.15) is 5.75 Å². The Bertz CT molecular complexity index is 468. The number of aromatic hydroxyl groups is 1. The van der Waals surface area contributed by atoms with Crippen LogP contribution in [0.2, 0.25) is 0 Å². The molecule has 0 amide bonds. The molecule has 0 unspecified atom stereocenters. The highest BCUT2D eigenvalue weighted by Gasteiger charge is 2.41. The summed E-state index contributed by atoms with van der Waals surface area (Å²) >= 11 is 0. The number of phenolic OH excluding ortho intramolecular Hbond substituents is 1. The van der Waals surface area contributed by atoms with Crippen LogP contribution in [0.1, 0.15) is 80.9 Å². The van der Waals surface area contributed by atoms with E-state index in [1.165, 1.54) is 69.8 Å². The molecule has 0 spiro atoms. The van der Waals surface area contributed by atoms with Crippen molar-refractivity contribution in [2.75, 3.05) is 0 Å². The number of hydrogen-bond acceptors (Lipinski definition) is 1. The fourth-order valence-corrected chi connectivity index (χ4v) is 5.01. The molecule has 1 heteroatoms. The fraction of sp³-hybridized carbons (Fsp3) is 0.700. The summed E-state index contributed by atoms with van der Waals surface area (Å²) in [6.07, 6.45) is 14.0. The molecule has 116 valence electrons. The zero-order chi connectivity index (χ0) is 14.9. The normalized spacial score (nSPS) is 23.1. The van der Waals surface area contributed by atoms with Gasteiger partial charge in [-0.3, -0.25) is 0 Å². The SMILES string of the molecule is Cc1cc(C2(C3CCCCC3)CCCCC2)cc(C)c1O. The van der Waals surface area contributed by atoms with Crippen LogP contribution in [0.15, 0.2) is 12.1 Å². The minimum absolute atomic E-state index is 0.405. The molecule has 2 saturated carbocycles. The Morgan fingerprint density at radius 2 is 1.38 bits per heavy atom. The summed E-state index contributed by atoms with van der Waals surface area (Å²) in [7, 11) is 0. The quantitative estimate of drug-likeness (QED) is 0.729. The minimum Gasteiger partial charge on any atom is -0.507 e. The summed E-state index contributed by atoms with van der Waals surface area (Å²) in [5.74, 6) is 1.36. The second kappa shape index (κ2) is 6.02. The van der Waals surface area contributed by atoms with Gasteiger partial charge in [0.05, 0.1) is 0 Å². The third kappa shape index (κ3) is 2.72. The standard InChI is InChI=1S/C20H30O/c1-15-13-18(14-16(2)19(15)21)20(11-7-4-8-12-20)17-9-5-3-6-10-17/h13-14,17,21H,3-12H2,1-2H3. The Kier molecular flexibility index (Phi) is 4.28. The van der Waals surface area contributed by atoms with E-state index < -0.39 is 0 Å². The lowest BCUT2D eigenvalue weighted by molar-refractivity contribution is 0.148. The lowest BCUT2D eigenvalue weighted by Crippen LogP contribution is -2.38. The van der Waals surface area contributed by atoms with E-state index in [9.17, 15) is 5.11 Å². The largest absolute Gasteiger partial charge is 0.507 e. The van der Waals surface area contributed by atoms with Gasteiger partial charge in [-0.15, -0.1) is 0 Å². The first kappa shape index (κ1) is 14.9. The van der Waals surface area contributed by atoms with E-state index in [-0.39, 0.29) is 0 Å². The maximum atomic E-state index is 10.1. The van der Waals surface area contributed by atoms with E-state index in [2.05, 4.69) is 26.0 Å². The van der Waals surface area contributed by atoms with Crippen LogP contribution in [0.4, 0.5) is 0 Å². The van der Waals surface area contributed by atoms with Gasteiger partial charge in [-0.05, 0) is 67.6 Å². The van der Waals surface area contributed by atoms with Crippen LogP contribution in [0.3, 0.4) is 0 Å². The van der Waals surface area contributed by atoms with Crippen molar-refractivity contribution in [3.05, 3.63) is 28.8 Å². The molecular weight excluding hydrogens is 256 g/mol. The van der Waals surface area contributed by atoms with Crippen LogP contribution in [-0.4, -0.2) is 5.11 Å². The first-order valence-electron chi connectivity index (χ1n) is 8.94. The van der Waals surface area contributed by atoms with E-state index in [1.54, 1.807) is 0 Å². The number of hydrogen-bond donors (Lipinski definition) is 1. The summed E-state index contributed by atoms with van der Waals surface area (Å²) in [5.41, 5.74) is 4.06. The summed E-state index contributed by atoms with van der Waals surface area (Å²) in [5, 5.41) is 10.1. The van der Waals surface area contributed by atoms with E-state index in [0.717, 1.165) is 17.0 Å². The highest BCUT2D eigenvalue weighted by atomic mass is 16.3. The van der Waals surface area contributed by atoms with Crippen LogP contribution in [0.25, 0.3) is 0 Å². The van der Waals surface area contributed by atoms with Crippen LogP contribution >= 0.6 is 0 Å². The van der Waals surface area contributed by atoms with Crippen molar-refractivity contribution in [2.24, 2.45) is 5.92 Å². The molecule has 0 radical (unpaired) electrons. The zero-order valence-corrected chi connectivity index (χ0v) is 13.8. The lowest BCUT2D eigenvalue weighted by atomic mass is 9.58. The maximum Gasteiger partial charge on any atom is 0.121 e. The third-order valence-corrected chi connectivity index (χ3v) is 6.20. The molecule has 2 aliphatic rings. The maximum absolute atomic E-state index is 10.1. The smallest absolute Gasteiger partial charge is 0.121 e. The predicted octanol–water partition coefficient (Wildman–Crippen LogP) is 5.79. The van der Waals surface area contributed by atoms with Crippen molar-refractivity contribution in [2.45, 2.75) is 83.5 Å². The number of aryl methyl sites for hydroxylation is 2. The predicted molar refractivity (Wildman–Crippen MR) is 88.9 cm³/mol. The highest BCUT2D eigenvalue weighted by molar-refractivity contribution is 5.45. The molecule has 1 nitrogen and oxygen atoms in total. The van der Waals surface area contributed by atoms with Crippen LogP contribution in [0.5, 0.6) is 5.75 Å². The molecule has 0 aliphatic heterocycles. The van der Waals surface area contributed by atoms with E-state index >= 15 is 0 Å². The third-order valence-electron chi connectivity index (χ3n) is 6.20. The Morgan fingerprint density at radius 3 is 1.95 bits per heavy atom. The minimum atomic E-state index is 0.405. The Hall–Kier alpha value is -0.980. The molecule has 1 aromatic rings. The lowest BCUT2D eigenvalue weighted by Gasteiger charge is -2.46. The van der Waals surface area contributed by atoms with Gasteiger partial charge in [-0.2, -0.15) is 0 Å². The monoisotopic (exact) mass is 286 g/mol. The topological polar surface area (TPSA) is 20.2 Å². The Labute approximate surface area is 129 Å². The molecule has 0 heterocycles. The number of rotatable bonds is 2. The van der Waals surface area contributed by atoms with E-state index in [0.29, 0.717) is 11.2 Å². The molecule has 2 aliphatic carbocycles. The van der Waals surface area contributed by atoms with Crippen molar-refractivity contribution in [3.8, 4) is 5.75 Å². The summed E-state index contributed by atoms with van der Waals surface area (Å²) in [6.45, 7) is 4.12. The van der Waals surface area contributed by atoms with Gasteiger partial charge in [0.2, 0.25) is 0 Å². The van der Waals surface area contributed by atoms with Gasteiger partial charge in [-0.25, -0.2) is 0 Å². The molecule has 0 bridgehead atoms. The summed E-state index contributed by atoms with van der Waals surface area (Å²) < 4.78 is 0. The average Bonchev–Trinajstić information content (AvgIpc) is 2.53. The van der Waals surface area contributed by atoms with Gasteiger partial charge in [-0.1, -0.05) is 50.7 Å². The highest BCUT2D eigenvalue weighted by Crippen LogP contribution is 2.50. The van der Waals surface area contributed by atoms with Crippen molar-refractivity contribution >= 4 is 0 Å². The molecule has 21 heavy (non-hydrogen) atoms. The van der Waals surface area contributed by atoms with E-state index in [1.807, 2.05) is 0 Å². The molecule has 1 N–H and O–H groups in total. The van der Waals surface area contributed by atoms with E-state index in [4.69, 9.17) is 0 Å². The molecule has 1 aromatic carbocycles. The zero-order valence-electron chi connectivity index (χ0n) is 13.8. The average molecular weight is 286 g/mol. The van der Waals surface area contributed by atoms with Crippen LogP contribution in [0, 0.1) is 19.8 Å². The number of phenols is 1. The second-order valence-electron chi connectivity index (χ2n) is 7.51. The first-order chi connectivity index (χ1) is 10.1. The molecule has 0 saturated heterocycles. The summed E-state index contributed by atoms with van der Waals surface area (Å²) in [4.78, 5) is 0. The Balaban J connectivity index is 2.02.